The van der Waals surface area contributed by atoms with Crippen LogP contribution in [0.3, 0.4) is 0 Å². The van der Waals surface area contributed by atoms with Crippen molar-refractivity contribution in [1.29, 1.82) is 0 Å². The van der Waals surface area contributed by atoms with Crippen molar-refractivity contribution < 1.29 is 4.74 Å². The smallest absolute Gasteiger partial charge is 0.284 e. The molecule has 0 atom stereocenters. The highest BCUT2D eigenvalue weighted by molar-refractivity contribution is 5.97. The lowest BCUT2D eigenvalue weighted by molar-refractivity contribution is 0.0723. The minimum Gasteiger partial charge on any atom is -0.486 e. The van der Waals surface area contributed by atoms with Crippen LogP contribution in [-0.4, -0.2) is 15.0 Å². The molecule has 3 heterocycles. The van der Waals surface area contributed by atoms with Crippen LogP contribution in [-0.2, 0) is 5.41 Å². The third-order valence-electron chi connectivity index (χ3n) is 6.19. The maximum absolute atomic E-state index is 13.0. The molecule has 0 aliphatic carbocycles. The summed E-state index contributed by atoms with van der Waals surface area (Å²) < 4.78 is 8.27. The minimum absolute atomic E-state index is 0.189. The van der Waals surface area contributed by atoms with Gasteiger partial charge in [-0.05, 0) is 31.4 Å². The number of hydrogen-bond acceptors (Lipinski definition) is 3. The molecular formula is C22H20N2O2. The molecule has 2 aromatic heterocycles. The van der Waals surface area contributed by atoms with Gasteiger partial charge in [0.05, 0.1) is 5.52 Å². The zero-order valence-corrected chi connectivity index (χ0v) is 15.3. The van der Waals surface area contributed by atoms with Crippen LogP contribution in [0.1, 0.15) is 33.3 Å². The first kappa shape index (κ1) is 15.4. The molecule has 5 rings (SSSR count). The molecule has 0 bridgehead atoms. The van der Waals surface area contributed by atoms with Crippen LogP contribution in [0.2, 0.25) is 0 Å². The lowest BCUT2D eigenvalue weighted by Crippen LogP contribution is -2.41. The summed E-state index contributed by atoms with van der Waals surface area (Å²) in [6.45, 7) is 8.45. The molecular weight excluding hydrogens is 324 g/mol. The Balaban J connectivity index is 1.97. The van der Waals surface area contributed by atoms with Gasteiger partial charge in [0.2, 0.25) is 0 Å². The van der Waals surface area contributed by atoms with Crippen molar-refractivity contribution in [2.45, 2.75) is 38.7 Å². The van der Waals surface area contributed by atoms with Gasteiger partial charge in [-0.25, -0.2) is 0 Å². The Morgan fingerprint density at radius 1 is 1.00 bits per heavy atom. The number of ether oxygens (including phenoxy) is 1. The summed E-state index contributed by atoms with van der Waals surface area (Å²) >= 11 is 0. The molecule has 4 heteroatoms. The lowest BCUT2D eigenvalue weighted by atomic mass is 9.74. The molecule has 0 fully saturated rings. The van der Waals surface area contributed by atoms with Crippen molar-refractivity contribution in [1.82, 2.24) is 9.38 Å². The Hall–Kier alpha value is -2.88. The Kier molecular flexibility index (Phi) is 2.74. The number of nitrogens with zero attached hydrogens (tertiary/aromatic N) is 2. The first-order valence-electron chi connectivity index (χ1n) is 8.88. The van der Waals surface area contributed by atoms with Crippen molar-refractivity contribution in [3.05, 3.63) is 64.6 Å². The minimum atomic E-state index is -0.390. The number of hydrogen-bond donors (Lipinski definition) is 0. The number of fused-ring (bicyclic) bond motifs is 7. The molecule has 0 saturated carbocycles. The van der Waals surface area contributed by atoms with Gasteiger partial charge in [0, 0.05) is 22.6 Å². The molecule has 4 aromatic rings. The normalized spacial score (nSPS) is 17.5. The predicted molar refractivity (Wildman–Crippen MR) is 104 cm³/mol. The fraction of sp³-hybridized carbons (Fsp3) is 0.273. The highest BCUT2D eigenvalue weighted by Crippen LogP contribution is 2.50. The average molecular weight is 344 g/mol. The van der Waals surface area contributed by atoms with Crippen LogP contribution in [0, 0.1) is 0 Å². The average Bonchev–Trinajstić information content (AvgIpc) is 2.79. The summed E-state index contributed by atoms with van der Waals surface area (Å²) in [7, 11) is 0. The molecule has 130 valence electrons. The van der Waals surface area contributed by atoms with Crippen molar-refractivity contribution in [3.63, 3.8) is 0 Å². The van der Waals surface area contributed by atoms with Gasteiger partial charge in [-0.15, -0.1) is 0 Å². The van der Waals surface area contributed by atoms with Gasteiger partial charge in [0.25, 0.3) is 5.56 Å². The molecule has 1 aliphatic rings. The van der Waals surface area contributed by atoms with E-state index in [1.807, 2.05) is 40.9 Å². The monoisotopic (exact) mass is 344 g/mol. The Bertz CT molecular complexity index is 1280. The molecule has 0 radical (unpaired) electrons. The fourth-order valence-electron chi connectivity index (χ4n) is 3.95. The van der Waals surface area contributed by atoms with Crippen LogP contribution in [0.5, 0.6) is 5.75 Å². The molecule has 0 saturated heterocycles. The van der Waals surface area contributed by atoms with E-state index in [4.69, 9.17) is 4.74 Å². The molecule has 26 heavy (non-hydrogen) atoms. The zero-order chi connectivity index (χ0) is 18.3. The van der Waals surface area contributed by atoms with Gasteiger partial charge in [0.1, 0.15) is 22.4 Å². The number of aromatic nitrogens is 2. The largest absolute Gasteiger partial charge is 0.486 e. The van der Waals surface area contributed by atoms with Crippen LogP contribution < -0.4 is 10.3 Å². The van der Waals surface area contributed by atoms with E-state index in [0.717, 1.165) is 21.9 Å². The molecule has 4 nitrogen and oxygen atoms in total. The van der Waals surface area contributed by atoms with Gasteiger partial charge < -0.3 is 9.14 Å². The van der Waals surface area contributed by atoms with Gasteiger partial charge >= 0.3 is 0 Å². The van der Waals surface area contributed by atoms with Crippen LogP contribution in [0.4, 0.5) is 0 Å². The second kappa shape index (κ2) is 4.64. The Morgan fingerprint density at radius 2 is 1.77 bits per heavy atom. The highest BCUT2D eigenvalue weighted by atomic mass is 16.5. The third-order valence-corrected chi connectivity index (χ3v) is 6.19. The first-order chi connectivity index (χ1) is 12.3. The van der Waals surface area contributed by atoms with Crippen molar-refractivity contribution in [3.8, 4) is 5.75 Å². The van der Waals surface area contributed by atoms with E-state index in [1.54, 1.807) is 0 Å². The van der Waals surface area contributed by atoms with E-state index < -0.39 is 0 Å². The van der Waals surface area contributed by atoms with Gasteiger partial charge in [-0.2, -0.15) is 4.98 Å². The summed E-state index contributed by atoms with van der Waals surface area (Å²) in [4.78, 5) is 17.4. The molecule has 0 amide bonds. The number of benzene rings is 2. The standard InChI is InChI=1S/C22H20N2O2/c1-21(2)15-9-10-16-17(18(15)26-22(21,3)4)20(25)23-19-14-8-6-5-7-13(14)11-12-24(16)19/h5-12H,1-4H3. The summed E-state index contributed by atoms with van der Waals surface area (Å²) in [5.74, 6) is 0.678. The van der Waals surface area contributed by atoms with Crippen molar-refractivity contribution in [2.24, 2.45) is 0 Å². The Morgan fingerprint density at radius 3 is 2.58 bits per heavy atom. The third kappa shape index (κ3) is 1.74. The van der Waals surface area contributed by atoms with Crippen molar-refractivity contribution in [2.75, 3.05) is 0 Å². The van der Waals surface area contributed by atoms with Gasteiger partial charge in [-0.3, -0.25) is 4.79 Å². The summed E-state index contributed by atoms with van der Waals surface area (Å²) in [6, 6.07) is 14.1. The van der Waals surface area contributed by atoms with Crippen molar-refractivity contribution >= 4 is 27.3 Å². The number of rotatable bonds is 0. The van der Waals surface area contributed by atoms with Crippen LogP contribution >= 0.6 is 0 Å². The van der Waals surface area contributed by atoms with Gasteiger partial charge in [-0.1, -0.05) is 44.2 Å². The van der Waals surface area contributed by atoms with E-state index in [2.05, 4.69) is 44.8 Å². The quantitative estimate of drug-likeness (QED) is 0.443. The SMILES string of the molecule is CC1(C)Oc2c(ccc3c2c(=O)nc2c4ccccc4ccn32)C1(C)C. The second-order valence-corrected chi connectivity index (χ2v) is 8.09. The van der Waals surface area contributed by atoms with E-state index in [0.29, 0.717) is 16.8 Å². The van der Waals surface area contributed by atoms with Crippen LogP contribution in [0.25, 0.3) is 27.3 Å². The van der Waals surface area contributed by atoms with E-state index in [1.165, 1.54) is 0 Å². The zero-order valence-electron chi connectivity index (χ0n) is 15.3. The van der Waals surface area contributed by atoms with E-state index in [-0.39, 0.29) is 16.6 Å². The topological polar surface area (TPSA) is 43.6 Å². The fourth-order valence-corrected chi connectivity index (χ4v) is 3.95. The maximum Gasteiger partial charge on any atom is 0.284 e. The Labute approximate surface area is 151 Å². The molecule has 0 unspecified atom stereocenters. The summed E-state index contributed by atoms with van der Waals surface area (Å²) in [5, 5.41) is 2.60. The summed E-state index contributed by atoms with van der Waals surface area (Å²) in [6.07, 6.45) is 1.98. The lowest BCUT2D eigenvalue weighted by Gasteiger charge is -2.33. The molecule has 2 aromatic carbocycles. The molecule has 1 aliphatic heterocycles. The highest BCUT2D eigenvalue weighted by Gasteiger charge is 2.48. The number of pyridine rings is 1. The van der Waals surface area contributed by atoms with Crippen LogP contribution in [0.15, 0.2) is 53.5 Å². The first-order valence-corrected chi connectivity index (χ1v) is 8.88. The summed E-state index contributed by atoms with van der Waals surface area (Å²) in [5.41, 5.74) is 1.76. The second-order valence-electron chi connectivity index (χ2n) is 8.09. The molecule has 0 N–H and O–H groups in total. The van der Waals surface area contributed by atoms with E-state index >= 15 is 0 Å². The predicted octanol–water partition coefficient (Wildman–Crippen LogP) is 4.45. The van der Waals surface area contributed by atoms with E-state index in [9.17, 15) is 4.79 Å². The maximum atomic E-state index is 13.0. The molecule has 0 spiro atoms. The van der Waals surface area contributed by atoms with Gasteiger partial charge in [0.15, 0.2) is 0 Å².